The third-order valence-electron chi connectivity index (χ3n) is 7.13. The largest absolute Gasteiger partial charge is 0.524 e. The highest BCUT2D eigenvalue weighted by Crippen LogP contribution is 2.37. The van der Waals surface area contributed by atoms with Crippen LogP contribution in [0.15, 0.2) is 24.3 Å². The number of aliphatic hydroxyl groups is 1. The molecule has 7 atom stereocenters. The number of thioether (sulfide) groups is 2. The van der Waals surface area contributed by atoms with E-state index in [-0.39, 0.29) is 25.0 Å². The number of hydrogen-bond donors (Lipinski definition) is 10. The Morgan fingerprint density at radius 1 is 0.788 bits per heavy atom. The number of aldehydes is 1. The Labute approximate surface area is 309 Å². The molecule has 0 fully saturated rings. The van der Waals surface area contributed by atoms with Crippen LogP contribution in [0.25, 0.3) is 0 Å². The molecule has 0 saturated heterocycles. The highest BCUT2D eigenvalue weighted by Gasteiger charge is 2.33. The topological polar surface area (TPSA) is 319 Å². The molecule has 1 rings (SSSR count). The van der Waals surface area contributed by atoms with Crippen LogP contribution in [0.4, 0.5) is 0 Å². The lowest BCUT2D eigenvalue weighted by atomic mass is 10.0. The van der Waals surface area contributed by atoms with Gasteiger partial charge in [0.15, 0.2) is 0 Å². The van der Waals surface area contributed by atoms with Gasteiger partial charge < -0.3 is 52.5 Å². The molecule has 0 unspecified atom stereocenters. The SMILES string of the molecule is CSCC[C@H](NC(=O)[C@H](Cc1ccc(OP(=O)(O)O)cc1)NC(=O)[C@H](C)N)C(=O)N[C@@H](CC(N)=O)C(=O)N[C@@H](CCSC)C(=O)N[C@H](C=O)[C@@H](C)O. The average Bonchev–Trinajstić information content (AvgIpc) is 3.05. The molecule has 22 heteroatoms. The quantitative estimate of drug-likeness (QED) is 0.0380. The Balaban J connectivity index is 3.29. The second-order valence-corrected chi connectivity index (χ2v) is 14.7. The fourth-order valence-electron chi connectivity index (χ4n) is 4.34. The molecular formula is C30H48N7O12PS2. The van der Waals surface area contributed by atoms with E-state index < -0.39 is 92.0 Å². The number of aliphatic hydroxyl groups excluding tert-OH is 1. The van der Waals surface area contributed by atoms with Crippen LogP contribution in [0.1, 0.15) is 38.7 Å². The van der Waals surface area contributed by atoms with E-state index >= 15 is 0 Å². The van der Waals surface area contributed by atoms with Crippen LogP contribution < -0.4 is 42.6 Å². The number of nitrogens with two attached hydrogens (primary N) is 2. The van der Waals surface area contributed by atoms with E-state index in [2.05, 4.69) is 31.1 Å². The van der Waals surface area contributed by atoms with Crippen molar-refractivity contribution in [2.75, 3.05) is 24.0 Å². The molecule has 0 heterocycles. The summed E-state index contributed by atoms with van der Waals surface area (Å²) in [7, 11) is -4.83. The van der Waals surface area contributed by atoms with Crippen LogP contribution in [0, 0.1) is 0 Å². The Hall–Kier alpha value is -3.72. The van der Waals surface area contributed by atoms with Crippen molar-refractivity contribution < 1.29 is 57.5 Å². The van der Waals surface area contributed by atoms with E-state index in [4.69, 9.17) is 21.3 Å². The molecule has 6 amide bonds. The average molecular weight is 794 g/mol. The van der Waals surface area contributed by atoms with Gasteiger partial charge in [0.1, 0.15) is 42.2 Å². The van der Waals surface area contributed by atoms with Gasteiger partial charge >= 0.3 is 7.82 Å². The summed E-state index contributed by atoms with van der Waals surface area (Å²) in [5, 5.41) is 22.0. The molecule has 19 nitrogen and oxygen atoms in total. The second kappa shape index (κ2) is 23.1. The van der Waals surface area contributed by atoms with E-state index in [1.807, 2.05) is 0 Å². The summed E-state index contributed by atoms with van der Waals surface area (Å²) in [5.74, 6) is -4.55. The molecule has 292 valence electrons. The lowest BCUT2D eigenvalue weighted by Gasteiger charge is -2.27. The van der Waals surface area contributed by atoms with Crippen molar-refractivity contribution in [1.29, 1.82) is 0 Å². The van der Waals surface area contributed by atoms with Gasteiger partial charge in [0.05, 0.1) is 18.6 Å². The number of hydrogen-bond acceptors (Lipinski definition) is 13. The summed E-state index contributed by atoms with van der Waals surface area (Å²) >= 11 is 2.70. The molecule has 0 bridgehead atoms. The number of primary amides is 1. The minimum absolute atomic E-state index is 0.0389. The number of phosphoric acid groups is 1. The lowest BCUT2D eigenvalue weighted by molar-refractivity contribution is -0.136. The van der Waals surface area contributed by atoms with Crippen LogP contribution in [0.2, 0.25) is 0 Å². The summed E-state index contributed by atoms with van der Waals surface area (Å²) in [5.41, 5.74) is 11.5. The van der Waals surface area contributed by atoms with Crippen molar-refractivity contribution in [3.8, 4) is 5.75 Å². The first-order valence-corrected chi connectivity index (χ1v) is 20.1. The first-order chi connectivity index (χ1) is 24.3. The number of nitrogens with one attached hydrogen (secondary N) is 5. The highest BCUT2D eigenvalue weighted by atomic mass is 32.2. The zero-order valence-electron chi connectivity index (χ0n) is 29.1. The van der Waals surface area contributed by atoms with E-state index in [0.29, 0.717) is 23.4 Å². The number of benzene rings is 1. The van der Waals surface area contributed by atoms with Crippen molar-refractivity contribution in [3.63, 3.8) is 0 Å². The molecule has 1 aromatic rings. The van der Waals surface area contributed by atoms with Gasteiger partial charge in [-0.1, -0.05) is 12.1 Å². The van der Waals surface area contributed by atoms with Gasteiger partial charge in [-0.2, -0.15) is 23.5 Å². The normalized spacial score (nSPS) is 15.3. The number of amides is 6. The number of carbonyl (C=O) groups excluding carboxylic acids is 7. The van der Waals surface area contributed by atoms with Crippen LogP contribution in [0.5, 0.6) is 5.75 Å². The van der Waals surface area contributed by atoms with Crippen LogP contribution in [0.3, 0.4) is 0 Å². The second-order valence-electron chi connectivity index (χ2n) is 11.6. The van der Waals surface area contributed by atoms with E-state index in [9.17, 15) is 43.2 Å². The summed E-state index contributed by atoms with van der Waals surface area (Å²) < 4.78 is 15.7. The van der Waals surface area contributed by atoms with E-state index in [1.165, 1.54) is 61.6 Å². The Bertz CT molecular complexity index is 1430. The molecule has 12 N–H and O–H groups in total. The molecule has 0 saturated carbocycles. The van der Waals surface area contributed by atoms with E-state index in [0.717, 1.165) is 0 Å². The number of phosphoric ester groups is 1. The van der Waals surface area contributed by atoms with Crippen molar-refractivity contribution in [2.24, 2.45) is 11.5 Å². The molecule has 0 aliphatic rings. The fourth-order valence-corrected chi connectivity index (χ4v) is 5.68. The molecule has 0 aliphatic heterocycles. The van der Waals surface area contributed by atoms with Gasteiger partial charge in [-0.15, -0.1) is 0 Å². The van der Waals surface area contributed by atoms with Gasteiger partial charge in [-0.3, -0.25) is 38.6 Å². The van der Waals surface area contributed by atoms with Crippen molar-refractivity contribution in [3.05, 3.63) is 29.8 Å². The van der Waals surface area contributed by atoms with Crippen LogP contribution in [-0.2, 0) is 44.5 Å². The Morgan fingerprint density at radius 3 is 1.65 bits per heavy atom. The fraction of sp³-hybridized carbons (Fsp3) is 0.567. The maximum atomic E-state index is 13.6. The van der Waals surface area contributed by atoms with Gasteiger partial charge in [0.25, 0.3) is 0 Å². The number of rotatable bonds is 24. The summed E-state index contributed by atoms with van der Waals surface area (Å²) in [4.78, 5) is 107. The Kier molecular flexibility index (Phi) is 20.5. The Morgan fingerprint density at radius 2 is 1.23 bits per heavy atom. The first-order valence-electron chi connectivity index (χ1n) is 15.8. The van der Waals surface area contributed by atoms with Crippen molar-refractivity contribution in [1.82, 2.24) is 26.6 Å². The first kappa shape index (κ1) is 46.3. The molecule has 52 heavy (non-hydrogen) atoms. The smallest absolute Gasteiger partial charge is 0.404 e. The third kappa shape index (κ3) is 17.7. The van der Waals surface area contributed by atoms with E-state index in [1.54, 1.807) is 12.5 Å². The molecule has 0 aromatic heterocycles. The molecule has 0 aliphatic carbocycles. The van der Waals surface area contributed by atoms with Gasteiger partial charge in [0, 0.05) is 6.42 Å². The van der Waals surface area contributed by atoms with Gasteiger partial charge in [-0.25, -0.2) is 4.57 Å². The summed E-state index contributed by atoms with van der Waals surface area (Å²) in [6.45, 7) is 2.68. The van der Waals surface area contributed by atoms with Gasteiger partial charge in [0.2, 0.25) is 35.4 Å². The summed E-state index contributed by atoms with van der Waals surface area (Å²) in [6.07, 6.45) is 1.91. The third-order valence-corrected chi connectivity index (χ3v) is 8.87. The molecule has 0 radical (unpaired) electrons. The number of carbonyl (C=O) groups is 7. The highest BCUT2D eigenvalue weighted by molar-refractivity contribution is 7.98. The monoisotopic (exact) mass is 793 g/mol. The van der Waals surface area contributed by atoms with Crippen LogP contribution >= 0.6 is 31.3 Å². The minimum Gasteiger partial charge on any atom is -0.404 e. The zero-order chi connectivity index (χ0) is 39.6. The predicted molar refractivity (Wildman–Crippen MR) is 194 cm³/mol. The lowest BCUT2D eigenvalue weighted by Crippen LogP contribution is -2.60. The summed E-state index contributed by atoms with van der Waals surface area (Å²) in [6, 6.07) is -2.38. The van der Waals surface area contributed by atoms with Gasteiger partial charge in [-0.05, 0) is 68.4 Å². The van der Waals surface area contributed by atoms with Crippen LogP contribution in [-0.4, -0.2) is 123 Å². The maximum Gasteiger partial charge on any atom is 0.524 e. The zero-order valence-corrected chi connectivity index (χ0v) is 31.6. The molecular weight excluding hydrogens is 745 g/mol. The molecule has 0 spiro atoms. The standard InChI is InChI=1S/C30H48N7O12PS2/c1-16(31)26(41)35-22(13-18-5-7-19(8-6-18)49-50(46,47)48)29(44)33-20(9-11-51-3)27(42)36-23(14-25(32)40)30(45)34-21(10-12-52-4)28(43)37-24(15-38)17(2)39/h5-8,15-17,20-24,39H,9-14,31H2,1-4H3,(H2,32,40)(H,33,44)(H,34,45)(H,35,41)(H,36,42)(H,37,43)(H2,46,47,48)/t16-,17+,20-,21-,22-,23-,24+/m0/s1. The van der Waals surface area contributed by atoms with Crippen molar-refractivity contribution in [2.45, 2.75) is 81.9 Å². The van der Waals surface area contributed by atoms with Crippen molar-refractivity contribution >= 4 is 73.1 Å². The predicted octanol–water partition coefficient (Wildman–Crippen LogP) is -2.57. The maximum absolute atomic E-state index is 13.6. The molecule has 1 aromatic carbocycles. The minimum atomic E-state index is -4.83.